The highest BCUT2D eigenvalue weighted by molar-refractivity contribution is 7.14. The second kappa shape index (κ2) is 5.83. The Morgan fingerprint density at radius 3 is 2.79 bits per heavy atom. The van der Waals surface area contributed by atoms with Crippen LogP contribution in [0.25, 0.3) is 0 Å². The fourth-order valence-corrected chi connectivity index (χ4v) is 4.45. The van der Waals surface area contributed by atoms with Gasteiger partial charge >= 0.3 is 0 Å². The summed E-state index contributed by atoms with van der Waals surface area (Å²) in [4.78, 5) is 26.1. The van der Waals surface area contributed by atoms with Gasteiger partial charge in [-0.3, -0.25) is 9.59 Å². The van der Waals surface area contributed by atoms with Crippen LogP contribution >= 0.6 is 22.9 Å². The van der Waals surface area contributed by atoms with E-state index >= 15 is 0 Å². The lowest BCUT2D eigenvalue weighted by Gasteiger charge is -2.32. The maximum absolute atomic E-state index is 12.5. The van der Waals surface area contributed by atoms with Gasteiger partial charge in [0.15, 0.2) is 5.78 Å². The van der Waals surface area contributed by atoms with Crippen molar-refractivity contribution in [1.29, 1.82) is 0 Å². The molecule has 2 aliphatic rings. The highest BCUT2D eigenvalue weighted by Gasteiger charge is 2.35. The number of fused-ring (bicyclic) bond motifs is 3. The third-order valence-corrected chi connectivity index (χ3v) is 6.02. The van der Waals surface area contributed by atoms with Crippen molar-refractivity contribution in [2.24, 2.45) is 11.0 Å². The largest absolute Gasteiger partial charge is 0.294 e. The van der Waals surface area contributed by atoms with E-state index in [2.05, 4.69) is 5.10 Å². The number of hydrazone groups is 1. The number of amides is 1. The first-order chi connectivity index (χ1) is 11.5. The van der Waals surface area contributed by atoms with Gasteiger partial charge in [0.05, 0.1) is 16.3 Å². The number of hydrogen-bond donors (Lipinski definition) is 0. The number of carbonyl (C=O) groups is 2. The van der Waals surface area contributed by atoms with Crippen molar-refractivity contribution < 1.29 is 9.59 Å². The van der Waals surface area contributed by atoms with E-state index in [9.17, 15) is 9.59 Å². The average Bonchev–Trinajstić information content (AvgIpc) is 3.00. The summed E-state index contributed by atoms with van der Waals surface area (Å²) in [6.45, 7) is 1.58. The van der Waals surface area contributed by atoms with Crippen molar-refractivity contribution in [3.63, 3.8) is 0 Å². The molecule has 0 radical (unpaired) electrons. The van der Waals surface area contributed by atoms with Crippen LogP contribution in [0.1, 0.15) is 39.9 Å². The van der Waals surface area contributed by atoms with Gasteiger partial charge in [0.25, 0.3) is 0 Å². The van der Waals surface area contributed by atoms with E-state index in [4.69, 9.17) is 11.6 Å². The van der Waals surface area contributed by atoms with Crippen LogP contribution in [0.3, 0.4) is 0 Å². The Balaban J connectivity index is 1.78. The number of benzene rings is 1. The van der Waals surface area contributed by atoms with Gasteiger partial charge in [0.2, 0.25) is 5.91 Å². The molecule has 2 aromatic rings. The number of Topliss-reactive ketones (excluding diaryl/α,β-unsaturated/α-hetero) is 1. The van der Waals surface area contributed by atoms with Gasteiger partial charge in [-0.1, -0.05) is 11.6 Å². The van der Waals surface area contributed by atoms with Crippen LogP contribution in [0.15, 0.2) is 35.4 Å². The van der Waals surface area contributed by atoms with Gasteiger partial charge in [-0.25, -0.2) is 5.01 Å². The van der Waals surface area contributed by atoms with E-state index in [1.54, 1.807) is 42.5 Å². The fraction of sp³-hybridized carbons (Fsp3) is 0.278. The SMILES string of the molecule is CC(=O)c1cc2c(s1)CCC1CC(=O)N(c3ccc(Cl)cc3)N=C21. The molecule has 0 bridgehead atoms. The minimum atomic E-state index is -0.00320. The molecule has 0 saturated heterocycles. The summed E-state index contributed by atoms with van der Waals surface area (Å²) in [5.41, 5.74) is 2.67. The van der Waals surface area contributed by atoms with E-state index in [1.165, 1.54) is 9.89 Å². The molecule has 0 N–H and O–H groups in total. The third-order valence-electron chi connectivity index (χ3n) is 4.47. The Labute approximate surface area is 148 Å². The first-order valence-corrected chi connectivity index (χ1v) is 9.03. The van der Waals surface area contributed by atoms with Gasteiger partial charge in [-0.2, -0.15) is 5.10 Å². The number of halogens is 1. The minimum Gasteiger partial charge on any atom is -0.294 e. The summed E-state index contributed by atoms with van der Waals surface area (Å²) >= 11 is 7.47. The van der Waals surface area contributed by atoms with Gasteiger partial charge in [-0.15, -0.1) is 11.3 Å². The van der Waals surface area contributed by atoms with Crippen LogP contribution in [0.4, 0.5) is 5.69 Å². The number of hydrogen-bond acceptors (Lipinski definition) is 4. The smallest absolute Gasteiger partial charge is 0.248 e. The van der Waals surface area contributed by atoms with Crippen LogP contribution in [-0.4, -0.2) is 17.4 Å². The highest BCUT2D eigenvalue weighted by atomic mass is 35.5. The van der Waals surface area contributed by atoms with E-state index < -0.39 is 0 Å². The molecule has 1 unspecified atom stereocenters. The third kappa shape index (κ3) is 2.58. The zero-order valence-electron chi connectivity index (χ0n) is 13.1. The summed E-state index contributed by atoms with van der Waals surface area (Å²) in [5.74, 6) is 0.215. The molecule has 122 valence electrons. The van der Waals surface area contributed by atoms with Gasteiger partial charge < -0.3 is 0 Å². The maximum atomic E-state index is 12.5. The van der Waals surface area contributed by atoms with Crippen LogP contribution < -0.4 is 5.01 Å². The van der Waals surface area contributed by atoms with Crippen molar-refractivity contribution in [2.45, 2.75) is 26.2 Å². The quantitative estimate of drug-likeness (QED) is 0.751. The predicted molar refractivity (Wildman–Crippen MR) is 96.2 cm³/mol. The Morgan fingerprint density at radius 1 is 1.33 bits per heavy atom. The summed E-state index contributed by atoms with van der Waals surface area (Å²) in [6.07, 6.45) is 2.27. The normalized spacial score (nSPS) is 19.6. The monoisotopic (exact) mass is 358 g/mol. The van der Waals surface area contributed by atoms with Gasteiger partial charge in [-0.05, 0) is 50.1 Å². The van der Waals surface area contributed by atoms with E-state index in [1.807, 2.05) is 6.07 Å². The molecule has 0 spiro atoms. The van der Waals surface area contributed by atoms with Crippen molar-refractivity contribution in [1.82, 2.24) is 0 Å². The van der Waals surface area contributed by atoms with E-state index in [0.29, 0.717) is 17.1 Å². The molecule has 1 aliphatic heterocycles. The fourth-order valence-electron chi connectivity index (χ4n) is 3.25. The number of nitrogens with zero attached hydrogens (tertiary/aromatic N) is 2. The molecule has 1 aromatic heterocycles. The molecule has 4 nitrogen and oxygen atoms in total. The molecule has 6 heteroatoms. The zero-order chi connectivity index (χ0) is 16.8. The molecule has 1 amide bonds. The molecule has 24 heavy (non-hydrogen) atoms. The molecule has 1 aromatic carbocycles. The minimum absolute atomic E-state index is 0.00320. The van der Waals surface area contributed by atoms with Gasteiger partial charge in [0.1, 0.15) is 0 Å². The Hall–Kier alpha value is -1.98. The number of aryl methyl sites for hydroxylation is 1. The molecular formula is C18H15ClN2O2S. The first kappa shape index (κ1) is 15.5. The lowest BCUT2D eigenvalue weighted by atomic mass is 9.83. The average molecular weight is 359 g/mol. The number of ketones is 1. The lowest BCUT2D eigenvalue weighted by Crippen LogP contribution is -2.39. The molecule has 0 saturated carbocycles. The van der Waals surface area contributed by atoms with E-state index in [0.717, 1.165) is 29.0 Å². The second-order valence-corrected chi connectivity index (χ2v) is 7.68. The van der Waals surface area contributed by atoms with Gasteiger partial charge in [0, 0.05) is 27.8 Å². The molecular weight excluding hydrogens is 344 g/mol. The maximum Gasteiger partial charge on any atom is 0.248 e. The van der Waals surface area contributed by atoms with Crippen LogP contribution in [0.2, 0.25) is 5.02 Å². The Morgan fingerprint density at radius 2 is 2.08 bits per heavy atom. The summed E-state index contributed by atoms with van der Waals surface area (Å²) in [5, 5.41) is 6.73. The topological polar surface area (TPSA) is 49.7 Å². The molecule has 1 atom stereocenters. The number of rotatable bonds is 2. The highest BCUT2D eigenvalue weighted by Crippen LogP contribution is 2.37. The molecule has 4 rings (SSSR count). The summed E-state index contributed by atoms with van der Waals surface area (Å²) < 4.78 is 0. The van der Waals surface area contributed by atoms with Crippen molar-refractivity contribution in [3.05, 3.63) is 50.7 Å². The van der Waals surface area contributed by atoms with Crippen molar-refractivity contribution >= 4 is 46.0 Å². The van der Waals surface area contributed by atoms with Crippen molar-refractivity contribution in [2.75, 3.05) is 5.01 Å². The van der Waals surface area contributed by atoms with Crippen LogP contribution in [-0.2, 0) is 11.2 Å². The second-order valence-electron chi connectivity index (χ2n) is 6.11. The molecule has 2 heterocycles. The zero-order valence-corrected chi connectivity index (χ0v) is 14.7. The van der Waals surface area contributed by atoms with Crippen molar-refractivity contribution in [3.8, 4) is 0 Å². The first-order valence-electron chi connectivity index (χ1n) is 7.84. The Bertz CT molecular complexity index is 870. The number of carbonyl (C=O) groups excluding carboxylic acids is 2. The van der Waals surface area contributed by atoms with E-state index in [-0.39, 0.29) is 17.6 Å². The summed E-state index contributed by atoms with van der Waals surface area (Å²) in [7, 11) is 0. The standard InChI is InChI=1S/C18H15ClN2O2S/c1-10(22)16-9-14-15(24-16)7-2-11-8-17(23)21(20-18(11)14)13-5-3-12(19)4-6-13/h3-6,9,11H,2,7-8H2,1H3. The molecule has 0 fully saturated rings. The lowest BCUT2D eigenvalue weighted by molar-refractivity contribution is -0.119. The summed E-state index contributed by atoms with van der Waals surface area (Å²) in [6, 6.07) is 9.03. The number of thiophene rings is 1. The number of anilines is 1. The van der Waals surface area contributed by atoms with Crippen LogP contribution in [0.5, 0.6) is 0 Å². The Kier molecular flexibility index (Phi) is 3.77. The molecule has 1 aliphatic carbocycles. The van der Waals surface area contributed by atoms with Crippen LogP contribution in [0, 0.1) is 5.92 Å². The predicted octanol–water partition coefficient (Wildman–Crippen LogP) is 4.31.